The zero-order valence-corrected chi connectivity index (χ0v) is 68.5. The molecule has 17 nitrogen and oxygen atoms in total. The van der Waals surface area contributed by atoms with Crippen LogP contribution in [-0.4, -0.2) is 96.7 Å². The number of carbonyl (C=O) groups is 4. The Kier molecular flexibility index (Phi) is 74.4. The van der Waals surface area contributed by atoms with E-state index < -0.39 is 97.5 Å². The fraction of sp³-hybridized carbons (Fsp3) is 0.952. The van der Waals surface area contributed by atoms with Gasteiger partial charge in [0.2, 0.25) is 0 Å². The van der Waals surface area contributed by atoms with Crippen molar-refractivity contribution in [3.8, 4) is 0 Å². The molecule has 102 heavy (non-hydrogen) atoms. The van der Waals surface area contributed by atoms with Gasteiger partial charge >= 0.3 is 39.5 Å². The smallest absolute Gasteiger partial charge is 0.462 e. The van der Waals surface area contributed by atoms with Gasteiger partial charge in [0, 0.05) is 25.7 Å². The molecule has 0 heterocycles. The number of ether oxygens (including phenoxy) is 4. The molecule has 0 saturated carbocycles. The van der Waals surface area contributed by atoms with Crippen LogP contribution in [0, 0.1) is 5.92 Å². The molecule has 0 amide bonds. The molecular weight excluding hydrogens is 1330 g/mol. The number of aliphatic hydroxyl groups is 1. The number of aliphatic hydroxyl groups excluding tert-OH is 1. The Morgan fingerprint density at radius 3 is 0.667 bits per heavy atom. The Morgan fingerprint density at radius 2 is 0.451 bits per heavy atom. The van der Waals surface area contributed by atoms with Crippen LogP contribution in [0.15, 0.2) is 0 Å². The number of hydrogen-bond acceptors (Lipinski definition) is 15. The second-order valence-corrected chi connectivity index (χ2v) is 33.3. The minimum absolute atomic E-state index is 0.108. The summed E-state index contributed by atoms with van der Waals surface area (Å²) in [7, 11) is -9.92. The highest BCUT2D eigenvalue weighted by molar-refractivity contribution is 7.47. The average Bonchev–Trinajstić information content (AvgIpc) is 0.989. The fourth-order valence-electron chi connectivity index (χ4n) is 12.9. The third kappa shape index (κ3) is 76.3. The first-order chi connectivity index (χ1) is 49.5. The summed E-state index contributed by atoms with van der Waals surface area (Å²) in [6.07, 6.45) is 68.1. The van der Waals surface area contributed by atoms with Crippen molar-refractivity contribution in [1.29, 1.82) is 0 Å². The first-order valence-electron chi connectivity index (χ1n) is 43.1. The van der Waals surface area contributed by atoms with Crippen molar-refractivity contribution >= 4 is 39.5 Å². The lowest BCUT2D eigenvalue weighted by Crippen LogP contribution is -2.30. The normalized spacial score (nSPS) is 13.8. The largest absolute Gasteiger partial charge is 0.472 e. The summed E-state index contributed by atoms with van der Waals surface area (Å²) >= 11 is 0. The number of carbonyl (C=O) groups excluding carboxylic acids is 4. The molecule has 0 rings (SSSR count). The molecule has 0 aliphatic rings. The van der Waals surface area contributed by atoms with E-state index in [2.05, 4.69) is 34.6 Å². The van der Waals surface area contributed by atoms with Gasteiger partial charge < -0.3 is 33.8 Å². The van der Waals surface area contributed by atoms with Crippen LogP contribution in [0.1, 0.15) is 446 Å². The maximum atomic E-state index is 13.1. The molecule has 0 fully saturated rings. The number of rotatable bonds is 83. The fourth-order valence-corrected chi connectivity index (χ4v) is 14.5. The minimum atomic E-state index is -4.96. The quantitative estimate of drug-likeness (QED) is 0.0222. The number of hydrogen-bond donors (Lipinski definition) is 3. The lowest BCUT2D eigenvalue weighted by atomic mass is 10.0. The van der Waals surface area contributed by atoms with Crippen LogP contribution >= 0.6 is 15.6 Å². The Bertz CT molecular complexity index is 1940. The van der Waals surface area contributed by atoms with Crippen molar-refractivity contribution in [3.63, 3.8) is 0 Å². The summed E-state index contributed by atoms with van der Waals surface area (Å²) in [5.41, 5.74) is 0. The molecule has 0 spiro atoms. The molecule has 5 atom stereocenters. The molecule has 0 radical (unpaired) electrons. The lowest BCUT2D eigenvalue weighted by molar-refractivity contribution is -0.161. The van der Waals surface area contributed by atoms with E-state index in [0.717, 1.165) is 95.8 Å². The number of phosphoric ester groups is 2. The van der Waals surface area contributed by atoms with Gasteiger partial charge in [0.25, 0.3) is 0 Å². The van der Waals surface area contributed by atoms with Gasteiger partial charge in [0.15, 0.2) is 12.2 Å². The monoisotopic (exact) mass is 1490 g/mol. The van der Waals surface area contributed by atoms with Crippen LogP contribution in [0.5, 0.6) is 0 Å². The molecule has 0 aromatic rings. The van der Waals surface area contributed by atoms with E-state index in [-0.39, 0.29) is 25.7 Å². The third-order valence-electron chi connectivity index (χ3n) is 19.5. The second-order valence-electron chi connectivity index (χ2n) is 30.3. The Hall–Kier alpha value is -1.94. The summed E-state index contributed by atoms with van der Waals surface area (Å²) in [5, 5.41) is 10.6. The maximum Gasteiger partial charge on any atom is 0.472 e. The number of phosphoric acid groups is 2. The van der Waals surface area contributed by atoms with Gasteiger partial charge in [-0.3, -0.25) is 37.3 Å². The van der Waals surface area contributed by atoms with E-state index in [1.807, 2.05) is 0 Å². The van der Waals surface area contributed by atoms with E-state index in [0.29, 0.717) is 25.7 Å². The predicted molar refractivity (Wildman–Crippen MR) is 418 cm³/mol. The van der Waals surface area contributed by atoms with Crippen LogP contribution in [0.25, 0.3) is 0 Å². The molecule has 0 aromatic heterocycles. The van der Waals surface area contributed by atoms with Crippen LogP contribution in [0.4, 0.5) is 0 Å². The zero-order valence-electron chi connectivity index (χ0n) is 66.8. The van der Waals surface area contributed by atoms with E-state index in [1.165, 1.54) is 270 Å². The van der Waals surface area contributed by atoms with Crippen molar-refractivity contribution in [3.05, 3.63) is 0 Å². The highest BCUT2D eigenvalue weighted by Gasteiger charge is 2.30. The molecule has 0 saturated heterocycles. The highest BCUT2D eigenvalue weighted by atomic mass is 31.2. The minimum Gasteiger partial charge on any atom is -0.462 e. The summed E-state index contributed by atoms with van der Waals surface area (Å²) in [4.78, 5) is 73.0. The van der Waals surface area contributed by atoms with Gasteiger partial charge in [-0.1, -0.05) is 394 Å². The van der Waals surface area contributed by atoms with Crippen molar-refractivity contribution in [2.45, 2.75) is 464 Å². The van der Waals surface area contributed by atoms with Crippen molar-refractivity contribution in [2.24, 2.45) is 5.92 Å². The summed E-state index contributed by atoms with van der Waals surface area (Å²) in [6, 6.07) is 0. The van der Waals surface area contributed by atoms with Crippen molar-refractivity contribution in [1.82, 2.24) is 0 Å². The molecule has 2 unspecified atom stereocenters. The van der Waals surface area contributed by atoms with E-state index in [1.54, 1.807) is 0 Å². The molecule has 19 heteroatoms. The third-order valence-corrected chi connectivity index (χ3v) is 21.4. The summed E-state index contributed by atoms with van der Waals surface area (Å²) in [5.74, 6) is -1.30. The first-order valence-corrected chi connectivity index (χ1v) is 46.1. The predicted octanol–water partition coefficient (Wildman–Crippen LogP) is 25.2. The average molecular weight is 1490 g/mol. The van der Waals surface area contributed by atoms with E-state index in [9.17, 15) is 43.2 Å². The van der Waals surface area contributed by atoms with E-state index >= 15 is 0 Å². The van der Waals surface area contributed by atoms with Gasteiger partial charge in [-0.25, -0.2) is 9.13 Å². The van der Waals surface area contributed by atoms with Gasteiger partial charge in [-0.15, -0.1) is 0 Å². The summed E-state index contributed by atoms with van der Waals surface area (Å²) in [6.45, 7) is 7.35. The molecule has 0 aliphatic heterocycles. The number of esters is 4. The molecule has 3 N–H and O–H groups in total. The molecule has 606 valence electrons. The van der Waals surface area contributed by atoms with Crippen LogP contribution in [-0.2, 0) is 65.4 Å². The standard InChI is InChI=1S/C83H162O17P2/c1-6-9-12-15-18-21-23-25-27-28-29-30-31-32-36-41-45-49-54-59-64-69-83(88)100-79(73-94-81(86)67-62-57-52-47-43-39-37-33-35-38-42-46-50-55-60-65-76(4)5)75-98-102(91,92)96-71-77(84)70-95-101(89,90)97-74-78(72-93-80(85)66-61-56-51-20-17-14-11-8-3)99-82(87)68-63-58-53-48-44-40-34-26-24-22-19-16-13-10-7-2/h76-79,84H,6-75H2,1-5H3,(H,89,90)(H,91,92)/t77-,78+,79+/m0/s1. The van der Waals surface area contributed by atoms with Gasteiger partial charge in [0.1, 0.15) is 19.3 Å². The lowest BCUT2D eigenvalue weighted by Gasteiger charge is -2.21. The molecular formula is C83H162O17P2. The SMILES string of the molecule is CCCCCCCCCCCCCCCCCCCCCCCC(=O)O[C@H](COC(=O)CCCCCCCCCCCCCCCCCC(C)C)COP(=O)(O)OC[C@@H](O)COP(=O)(O)OC[C@@H](COC(=O)CCCCCCCCCC)OC(=O)CCCCCCCCCCCCCCCCC. The van der Waals surface area contributed by atoms with Gasteiger partial charge in [-0.2, -0.15) is 0 Å². The molecule has 0 bridgehead atoms. The van der Waals surface area contributed by atoms with Crippen molar-refractivity contribution < 1.29 is 80.2 Å². The first kappa shape index (κ1) is 100. The van der Waals surface area contributed by atoms with Crippen LogP contribution in [0.2, 0.25) is 0 Å². The van der Waals surface area contributed by atoms with Crippen LogP contribution < -0.4 is 0 Å². The Balaban J connectivity index is 5.19. The van der Waals surface area contributed by atoms with Crippen molar-refractivity contribution in [2.75, 3.05) is 39.6 Å². The second kappa shape index (κ2) is 75.9. The highest BCUT2D eigenvalue weighted by Crippen LogP contribution is 2.45. The number of unbranched alkanes of at least 4 members (excludes halogenated alkanes) is 55. The maximum absolute atomic E-state index is 13.1. The van der Waals surface area contributed by atoms with E-state index in [4.69, 9.17) is 37.0 Å². The molecule has 0 aromatic carbocycles. The Labute approximate surface area is 626 Å². The van der Waals surface area contributed by atoms with Gasteiger partial charge in [-0.05, 0) is 31.6 Å². The Morgan fingerprint density at radius 1 is 0.265 bits per heavy atom. The topological polar surface area (TPSA) is 237 Å². The van der Waals surface area contributed by atoms with Gasteiger partial charge in [0.05, 0.1) is 26.4 Å². The summed E-state index contributed by atoms with van der Waals surface area (Å²) < 4.78 is 68.7. The zero-order chi connectivity index (χ0) is 74.8. The van der Waals surface area contributed by atoms with Crippen LogP contribution in [0.3, 0.4) is 0 Å². The molecule has 0 aliphatic carbocycles.